The fourth-order valence-electron chi connectivity index (χ4n) is 2.43. The van der Waals surface area contributed by atoms with E-state index in [4.69, 9.17) is 0 Å². The molecule has 0 aromatic carbocycles. The SMILES string of the molecule is O=C1CC/C=C/CCCCCCCCCCC1. The normalized spacial score (nSPS) is 24.4. The van der Waals surface area contributed by atoms with E-state index in [1.807, 2.05) is 0 Å². The lowest BCUT2D eigenvalue weighted by molar-refractivity contribution is -0.119. The summed E-state index contributed by atoms with van der Waals surface area (Å²) in [7, 11) is 0. The predicted octanol–water partition coefficient (Wildman–Crippen LogP) is 5.20. The van der Waals surface area contributed by atoms with Crippen molar-refractivity contribution < 1.29 is 4.79 Å². The maximum Gasteiger partial charge on any atom is 0.133 e. The Morgan fingerprint density at radius 1 is 0.588 bits per heavy atom. The number of hydrogen-bond acceptors (Lipinski definition) is 1. The summed E-state index contributed by atoms with van der Waals surface area (Å²) in [6.07, 6.45) is 20.2. The Kier molecular flexibility index (Phi) is 8.99. The van der Waals surface area contributed by atoms with Gasteiger partial charge < -0.3 is 0 Å². The Bertz CT molecular complexity index is 218. The van der Waals surface area contributed by atoms with Crippen LogP contribution in [-0.2, 0) is 4.79 Å². The summed E-state index contributed by atoms with van der Waals surface area (Å²) in [5.41, 5.74) is 0. The van der Waals surface area contributed by atoms with Crippen molar-refractivity contribution in [1.29, 1.82) is 0 Å². The minimum Gasteiger partial charge on any atom is -0.300 e. The summed E-state index contributed by atoms with van der Waals surface area (Å²) in [5.74, 6) is 0.460. The molecule has 0 spiro atoms. The molecule has 0 unspecified atom stereocenters. The first-order valence-electron chi connectivity index (χ1n) is 7.56. The molecule has 1 aliphatic rings. The summed E-state index contributed by atoms with van der Waals surface area (Å²) >= 11 is 0. The van der Waals surface area contributed by atoms with E-state index in [1.165, 1.54) is 57.8 Å². The van der Waals surface area contributed by atoms with E-state index in [0.29, 0.717) is 5.78 Å². The molecule has 0 fully saturated rings. The fraction of sp³-hybridized carbons (Fsp3) is 0.812. The van der Waals surface area contributed by atoms with Gasteiger partial charge in [0.2, 0.25) is 0 Å². The second kappa shape index (κ2) is 10.6. The number of allylic oxidation sites excluding steroid dienone is 2. The van der Waals surface area contributed by atoms with E-state index in [1.54, 1.807) is 0 Å². The van der Waals surface area contributed by atoms with E-state index < -0.39 is 0 Å². The van der Waals surface area contributed by atoms with Crippen LogP contribution in [0.25, 0.3) is 0 Å². The van der Waals surface area contributed by atoms with Crippen molar-refractivity contribution in [3.63, 3.8) is 0 Å². The first kappa shape index (κ1) is 14.5. The van der Waals surface area contributed by atoms with Crippen LogP contribution in [0.1, 0.15) is 83.5 Å². The maximum atomic E-state index is 11.5. The second-order valence-electron chi connectivity index (χ2n) is 5.27. The molecule has 0 amide bonds. The van der Waals surface area contributed by atoms with E-state index >= 15 is 0 Å². The number of carbonyl (C=O) groups excluding carboxylic acids is 1. The molecule has 0 N–H and O–H groups in total. The molecule has 1 aliphatic carbocycles. The Hall–Kier alpha value is -0.590. The highest BCUT2D eigenvalue weighted by atomic mass is 16.1. The second-order valence-corrected chi connectivity index (χ2v) is 5.27. The molecular formula is C16H28O. The molecule has 0 aliphatic heterocycles. The van der Waals surface area contributed by atoms with Crippen LogP contribution < -0.4 is 0 Å². The molecule has 98 valence electrons. The van der Waals surface area contributed by atoms with Crippen molar-refractivity contribution in [3.8, 4) is 0 Å². The van der Waals surface area contributed by atoms with Gasteiger partial charge in [-0.2, -0.15) is 0 Å². The minimum absolute atomic E-state index is 0.460. The number of hydrogen-bond donors (Lipinski definition) is 0. The topological polar surface area (TPSA) is 17.1 Å². The van der Waals surface area contributed by atoms with Gasteiger partial charge in [-0.3, -0.25) is 4.79 Å². The van der Waals surface area contributed by atoms with E-state index in [2.05, 4.69) is 12.2 Å². The monoisotopic (exact) mass is 236 g/mol. The zero-order valence-corrected chi connectivity index (χ0v) is 11.3. The number of Topliss-reactive ketones (excluding diaryl/α,β-unsaturated/α-hetero) is 1. The average molecular weight is 236 g/mol. The zero-order chi connectivity index (χ0) is 12.2. The van der Waals surface area contributed by atoms with Gasteiger partial charge in [-0.1, -0.05) is 57.1 Å². The van der Waals surface area contributed by atoms with E-state index in [-0.39, 0.29) is 0 Å². The smallest absolute Gasteiger partial charge is 0.133 e. The highest BCUT2D eigenvalue weighted by Gasteiger charge is 2.00. The van der Waals surface area contributed by atoms with E-state index in [0.717, 1.165) is 25.7 Å². The molecule has 0 heterocycles. The summed E-state index contributed by atoms with van der Waals surface area (Å²) in [6, 6.07) is 0. The third kappa shape index (κ3) is 9.14. The highest BCUT2D eigenvalue weighted by molar-refractivity contribution is 5.78. The maximum absolute atomic E-state index is 11.5. The standard InChI is InChI=1S/C16H28O/c17-16-14-12-10-8-6-4-2-1-3-5-7-9-11-13-15-16/h8,10H,1-7,9,11-15H2/b10-8+. The van der Waals surface area contributed by atoms with Crippen molar-refractivity contribution in [3.05, 3.63) is 12.2 Å². The lowest BCUT2D eigenvalue weighted by atomic mass is 10.0. The molecule has 0 aromatic rings. The first-order chi connectivity index (χ1) is 8.39. The van der Waals surface area contributed by atoms with Gasteiger partial charge in [0.15, 0.2) is 0 Å². The lowest BCUT2D eigenvalue weighted by Crippen LogP contribution is -1.96. The zero-order valence-electron chi connectivity index (χ0n) is 11.3. The van der Waals surface area contributed by atoms with Crippen LogP contribution in [-0.4, -0.2) is 5.78 Å². The number of ketones is 1. The van der Waals surface area contributed by atoms with Crippen LogP contribution in [0.4, 0.5) is 0 Å². The third-order valence-corrected chi connectivity index (χ3v) is 3.58. The summed E-state index contributed by atoms with van der Waals surface area (Å²) in [6.45, 7) is 0. The molecule has 0 saturated carbocycles. The van der Waals surface area contributed by atoms with Gasteiger partial charge in [-0.15, -0.1) is 0 Å². The summed E-state index contributed by atoms with van der Waals surface area (Å²) in [5, 5.41) is 0. The molecule has 17 heavy (non-hydrogen) atoms. The Balaban J connectivity index is 2.19. The van der Waals surface area contributed by atoms with Crippen molar-refractivity contribution >= 4 is 5.78 Å². The van der Waals surface area contributed by atoms with Crippen LogP contribution in [0, 0.1) is 0 Å². The van der Waals surface area contributed by atoms with Crippen molar-refractivity contribution in [2.45, 2.75) is 83.5 Å². The van der Waals surface area contributed by atoms with Gasteiger partial charge in [-0.05, 0) is 25.7 Å². The van der Waals surface area contributed by atoms with Crippen LogP contribution >= 0.6 is 0 Å². The van der Waals surface area contributed by atoms with Gasteiger partial charge in [0.25, 0.3) is 0 Å². The summed E-state index contributed by atoms with van der Waals surface area (Å²) < 4.78 is 0. The van der Waals surface area contributed by atoms with Gasteiger partial charge in [0.1, 0.15) is 5.78 Å². The first-order valence-corrected chi connectivity index (χ1v) is 7.56. The molecule has 0 atom stereocenters. The molecule has 0 bridgehead atoms. The van der Waals surface area contributed by atoms with Crippen LogP contribution in [0.5, 0.6) is 0 Å². The van der Waals surface area contributed by atoms with Crippen LogP contribution in [0.2, 0.25) is 0 Å². The molecule has 1 rings (SSSR count). The Labute approximate surface area is 107 Å². The highest BCUT2D eigenvalue weighted by Crippen LogP contribution is 2.13. The van der Waals surface area contributed by atoms with Gasteiger partial charge in [-0.25, -0.2) is 0 Å². The third-order valence-electron chi connectivity index (χ3n) is 3.58. The molecule has 0 aromatic heterocycles. The number of rotatable bonds is 0. The quantitative estimate of drug-likeness (QED) is 0.528. The Morgan fingerprint density at radius 2 is 1.12 bits per heavy atom. The summed E-state index contributed by atoms with van der Waals surface area (Å²) in [4.78, 5) is 11.5. The largest absolute Gasteiger partial charge is 0.300 e. The minimum atomic E-state index is 0.460. The fourth-order valence-corrected chi connectivity index (χ4v) is 2.43. The lowest BCUT2D eigenvalue weighted by Gasteiger charge is -2.03. The average Bonchev–Trinajstić information content (AvgIpc) is 2.32. The van der Waals surface area contributed by atoms with E-state index in [9.17, 15) is 4.79 Å². The molecule has 1 nitrogen and oxygen atoms in total. The molecule has 1 heteroatoms. The van der Waals surface area contributed by atoms with Crippen LogP contribution in [0.3, 0.4) is 0 Å². The van der Waals surface area contributed by atoms with Crippen molar-refractivity contribution in [2.24, 2.45) is 0 Å². The van der Waals surface area contributed by atoms with Gasteiger partial charge in [0, 0.05) is 12.8 Å². The number of carbonyl (C=O) groups is 1. The Morgan fingerprint density at radius 3 is 1.82 bits per heavy atom. The van der Waals surface area contributed by atoms with Gasteiger partial charge >= 0.3 is 0 Å². The predicted molar refractivity (Wildman–Crippen MR) is 74.2 cm³/mol. The van der Waals surface area contributed by atoms with Gasteiger partial charge in [0.05, 0.1) is 0 Å². The van der Waals surface area contributed by atoms with Crippen molar-refractivity contribution in [2.75, 3.05) is 0 Å². The molecule has 0 radical (unpaired) electrons. The molecule has 0 saturated heterocycles. The van der Waals surface area contributed by atoms with Crippen LogP contribution in [0.15, 0.2) is 12.2 Å². The molecular weight excluding hydrogens is 208 g/mol. The van der Waals surface area contributed by atoms with Crippen molar-refractivity contribution in [1.82, 2.24) is 0 Å².